The van der Waals surface area contributed by atoms with Crippen molar-refractivity contribution in [3.8, 4) is 0 Å². The topological polar surface area (TPSA) is 73.2 Å². The first kappa shape index (κ1) is 20.3. The van der Waals surface area contributed by atoms with E-state index in [9.17, 15) is 15.3 Å². The summed E-state index contributed by atoms with van der Waals surface area (Å²) in [5, 5.41) is 33.8. The number of allylic oxidation sites excluding steroid dienone is 1. The lowest BCUT2D eigenvalue weighted by Gasteiger charge is -2.62. The molecular formula is C21H37NO4. The molecule has 3 aliphatic rings. The second-order valence-corrected chi connectivity index (χ2v) is 9.26. The fourth-order valence-corrected chi connectivity index (χ4v) is 5.90. The Morgan fingerprint density at radius 1 is 1.19 bits per heavy atom. The van der Waals surface area contributed by atoms with E-state index in [1.807, 2.05) is 6.92 Å². The van der Waals surface area contributed by atoms with Crippen molar-refractivity contribution < 1.29 is 20.1 Å². The molecule has 3 rings (SSSR count). The molecule has 3 fully saturated rings. The highest BCUT2D eigenvalue weighted by molar-refractivity contribution is 5.17. The van der Waals surface area contributed by atoms with Crippen LogP contribution in [0.3, 0.4) is 0 Å². The van der Waals surface area contributed by atoms with Crippen LogP contribution in [0, 0.1) is 5.92 Å². The Morgan fingerprint density at radius 3 is 2.42 bits per heavy atom. The molecule has 0 bridgehead atoms. The van der Waals surface area contributed by atoms with Crippen molar-refractivity contribution in [1.82, 2.24) is 4.90 Å². The first-order valence-corrected chi connectivity index (χ1v) is 10.3. The molecule has 0 amide bonds. The van der Waals surface area contributed by atoms with E-state index >= 15 is 0 Å². The van der Waals surface area contributed by atoms with Crippen LogP contribution in [0.4, 0.5) is 0 Å². The zero-order valence-electron chi connectivity index (χ0n) is 16.8. The summed E-state index contributed by atoms with van der Waals surface area (Å²) in [6.45, 7) is 6.57. The fourth-order valence-electron chi connectivity index (χ4n) is 5.90. The largest absolute Gasteiger partial charge is 0.390 e. The Morgan fingerprint density at radius 2 is 1.85 bits per heavy atom. The quantitative estimate of drug-likeness (QED) is 0.665. The van der Waals surface area contributed by atoms with Crippen molar-refractivity contribution >= 4 is 0 Å². The van der Waals surface area contributed by atoms with Gasteiger partial charge < -0.3 is 20.1 Å². The molecule has 6 atom stereocenters. The highest BCUT2D eigenvalue weighted by Gasteiger charge is 2.63. The lowest BCUT2D eigenvalue weighted by molar-refractivity contribution is -0.269. The average Bonchev–Trinajstić information content (AvgIpc) is 3.09. The van der Waals surface area contributed by atoms with E-state index in [0.29, 0.717) is 25.4 Å². The van der Waals surface area contributed by atoms with Crippen molar-refractivity contribution in [2.45, 2.75) is 101 Å². The van der Waals surface area contributed by atoms with Gasteiger partial charge in [0, 0.05) is 31.7 Å². The molecule has 1 heterocycles. The minimum Gasteiger partial charge on any atom is -0.390 e. The van der Waals surface area contributed by atoms with Gasteiger partial charge in [-0.25, -0.2) is 0 Å². The zero-order valence-corrected chi connectivity index (χ0v) is 16.8. The van der Waals surface area contributed by atoms with Crippen molar-refractivity contribution in [2.75, 3.05) is 13.7 Å². The third kappa shape index (κ3) is 3.49. The van der Waals surface area contributed by atoms with Gasteiger partial charge in [-0.15, -0.1) is 0 Å². The number of methoxy groups -OCH3 is 1. The summed E-state index contributed by atoms with van der Waals surface area (Å²) in [5.74, 6) is -0.489. The predicted octanol–water partition coefficient (Wildman–Crippen LogP) is 2.24. The maximum atomic E-state index is 11.7. The van der Waals surface area contributed by atoms with Crippen LogP contribution >= 0.6 is 0 Å². The van der Waals surface area contributed by atoms with Gasteiger partial charge in [0.2, 0.25) is 0 Å². The van der Waals surface area contributed by atoms with Crippen molar-refractivity contribution in [1.29, 1.82) is 0 Å². The minimum atomic E-state index is -1.14. The molecule has 2 saturated carbocycles. The Labute approximate surface area is 158 Å². The van der Waals surface area contributed by atoms with Crippen LogP contribution in [-0.4, -0.2) is 69.4 Å². The van der Waals surface area contributed by atoms with Crippen molar-refractivity contribution in [2.24, 2.45) is 5.92 Å². The molecule has 0 aromatic rings. The number of piperidine rings is 1. The molecule has 3 N–H and O–H groups in total. The van der Waals surface area contributed by atoms with Gasteiger partial charge in [0.25, 0.3) is 0 Å². The van der Waals surface area contributed by atoms with Gasteiger partial charge in [0.1, 0.15) is 0 Å². The number of aliphatic hydroxyl groups is 3. The number of likely N-dealkylation sites (tertiary alicyclic amines) is 1. The number of fused-ring (bicyclic) bond motifs is 1. The molecule has 0 unspecified atom stereocenters. The summed E-state index contributed by atoms with van der Waals surface area (Å²) in [6.07, 6.45) is 7.50. The third-order valence-electron chi connectivity index (χ3n) is 7.14. The standard InChI is InChI=1S/C21H37NO4/c1-14(2)9-10-17-20(3,24)19-18(26-4)16(23)11-12-21(19,25)13-22(17)15-7-5-6-8-15/h9,15-19,23-25H,5-8,10-13H2,1-4H3/t16-,17+,18-,19-,20+,21+/m1/s1. The number of nitrogens with zero attached hydrogens (tertiary/aromatic N) is 1. The summed E-state index contributed by atoms with van der Waals surface area (Å²) >= 11 is 0. The number of hydrogen-bond donors (Lipinski definition) is 3. The molecule has 5 nitrogen and oxygen atoms in total. The van der Waals surface area contributed by atoms with E-state index in [1.165, 1.54) is 18.4 Å². The molecule has 26 heavy (non-hydrogen) atoms. The van der Waals surface area contributed by atoms with Crippen LogP contribution in [0.5, 0.6) is 0 Å². The smallest absolute Gasteiger partial charge is 0.0914 e. The van der Waals surface area contributed by atoms with E-state index in [0.717, 1.165) is 19.3 Å². The lowest BCUT2D eigenvalue weighted by atomic mass is 9.59. The van der Waals surface area contributed by atoms with Gasteiger partial charge in [-0.1, -0.05) is 24.5 Å². The molecule has 0 radical (unpaired) electrons. The van der Waals surface area contributed by atoms with Gasteiger partial charge in [0.15, 0.2) is 0 Å². The van der Waals surface area contributed by atoms with E-state index in [-0.39, 0.29) is 6.04 Å². The van der Waals surface area contributed by atoms with Crippen molar-refractivity contribution in [3.63, 3.8) is 0 Å². The average molecular weight is 368 g/mol. The minimum absolute atomic E-state index is 0.0753. The van der Waals surface area contributed by atoms with E-state index in [2.05, 4.69) is 24.8 Å². The third-order valence-corrected chi connectivity index (χ3v) is 7.14. The molecule has 0 aromatic carbocycles. The van der Waals surface area contributed by atoms with Gasteiger partial charge in [0.05, 0.1) is 23.4 Å². The second-order valence-electron chi connectivity index (χ2n) is 9.26. The molecule has 1 saturated heterocycles. The number of ether oxygens (including phenoxy) is 1. The SMILES string of the molecule is CO[C@@H]1[C@H](O)CC[C@]2(O)CN(C3CCCC3)[C@@H](CC=C(C)C)[C@](C)(O)[C@@H]12. The molecule has 2 aliphatic carbocycles. The van der Waals surface area contributed by atoms with Crippen LogP contribution < -0.4 is 0 Å². The lowest BCUT2D eigenvalue weighted by Crippen LogP contribution is -2.76. The van der Waals surface area contributed by atoms with Gasteiger partial charge in [-0.3, -0.25) is 4.90 Å². The molecule has 0 spiro atoms. The first-order valence-electron chi connectivity index (χ1n) is 10.3. The van der Waals surface area contributed by atoms with Crippen LogP contribution in [0.2, 0.25) is 0 Å². The predicted molar refractivity (Wildman–Crippen MR) is 102 cm³/mol. The highest BCUT2D eigenvalue weighted by atomic mass is 16.5. The summed E-state index contributed by atoms with van der Waals surface area (Å²) < 4.78 is 5.60. The summed E-state index contributed by atoms with van der Waals surface area (Å²) in [7, 11) is 1.57. The van der Waals surface area contributed by atoms with Gasteiger partial charge in [-0.2, -0.15) is 0 Å². The molecular weight excluding hydrogens is 330 g/mol. The van der Waals surface area contributed by atoms with Crippen LogP contribution in [0.15, 0.2) is 11.6 Å². The normalized spacial score (nSPS) is 44.7. The van der Waals surface area contributed by atoms with E-state index < -0.39 is 29.3 Å². The summed E-state index contributed by atoms with van der Waals surface area (Å²) in [6, 6.07) is 0.351. The van der Waals surface area contributed by atoms with Crippen LogP contribution in [-0.2, 0) is 4.74 Å². The number of hydrogen-bond acceptors (Lipinski definition) is 5. The maximum Gasteiger partial charge on any atom is 0.0914 e. The maximum absolute atomic E-state index is 11.7. The highest BCUT2D eigenvalue weighted by Crippen LogP contribution is 2.50. The molecule has 150 valence electrons. The van der Waals surface area contributed by atoms with E-state index in [4.69, 9.17) is 4.74 Å². The number of aliphatic hydroxyl groups excluding tert-OH is 1. The Hall–Kier alpha value is -0.460. The summed E-state index contributed by atoms with van der Waals surface area (Å²) in [4.78, 5) is 2.38. The van der Waals surface area contributed by atoms with Gasteiger partial charge >= 0.3 is 0 Å². The molecule has 0 aromatic heterocycles. The van der Waals surface area contributed by atoms with Crippen LogP contribution in [0.25, 0.3) is 0 Å². The zero-order chi connectivity index (χ0) is 19.1. The van der Waals surface area contributed by atoms with Crippen LogP contribution in [0.1, 0.15) is 65.7 Å². The monoisotopic (exact) mass is 367 g/mol. The number of β-amino-alcohol motifs (C(OH)–C–C–N with tert-alkyl or cyclic N) is 1. The van der Waals surface area contributed by atoms with Crippen molar-refractivity contribution in [3.05, 3.63) is 11.6 Å². The Kier molecular flexibility index (Phi) is 5.86. The molecule has 1 aliphatic heterocycles. The van der Waals surface area contributed by atoms with Gasteiger partial charge in [-0.05, 0) is 52.9 Å². The Balaban J connectivity index is 1.99. The first-order chi connectivity index (χ1) is 12.2. The number of rotatable bonds is 4. The fraction of sp³-hybridized carbons (Fsp3) is 0.905. The second kappa shape index (κ2) is 7.51. The summed E-state index contributed by atoms with van der Waals surface area (Å²) in [5.41, 5.74) is -0.920. The Bertz CT molecular complexity index is 524. The van der Waals surface area contributed by atoms with E-state index in [1.54, 1.807) is 7.11 Å². The molecule has 5 heteroatoms.